The van der Waals surface area contributed by atoms with Crippen molar-refractivity contribution >= 4 is 0 Å². The van der Waals surface area contributed by atoms with E-state index in [4.69, 9.17) is 14.2 Å². The summed E-state index contributed by atoms with van der Waals surface area (Å²) < 4.78 is 18.1. The first kappa shape index (κ1) is 16.4. The third kappa shape index (κ3) is 1.97. The van der Waals surface area contributed by atoms with E-state index in [1.54, 1.807) is 12.7 Å². The first-order chi connectivity index (χ1) is 13.7. The number of nitrogens with zero attached hydrogens (tertiary/aromatic N) is 1. The highest BCUT2D eigenvalue weighted by atomic mass is 16.7. The van der Waals surface area contributed by atoms with Gasteiger partial charge in [0.15, 0.2) is 5.79 Å². The average molecular weight is 380 g/mol. The van der Waals surface area contributed by atoms with Crippen molar-refractivity contribution in [1.29, 1.82) is 0 Å². The highest BCUT2D eigenvalue weighted by Gasteiger charge is 2.71. The molecule has 4 aliphatic carbocycles. The Morgan fingerprint density at radius 1 is 1.18 bits per heavy atom. The van der Waals surface area contributed by atoms with E-state index in [1.165, 1.54) is 49.9 Å². The number of benzene rings is 1. The summed E-state index contributed by atoms with van der Waals surface area (Å²) in [6.45, 7) is 4.03. The molecule has 2 heterocycles. The molecule has 0 radical (unpaired) electrons. The van der Waals surface area contributed by atoms with Crippen LogP contribution in [0.5, 0.6) is 5.75 Å². The van der Waals surface area contributed by atoms with Crippen molar-refractivity contribution in [2.75, 3.05) is 33.4 Å². The fourth-order valence-electron chi connectivity index (χ4n) is 7.51. The second-order valence-corrected chi connectivity index (χ2v) is 10.2. The summed E-state index contributed by atoms with van der Waals surface area (Å²) in [4.78, 5) is 2.81. The molecule has 148 valence electrons. The van der Waals surface area contributed by atoms with Crippen molar-refractivity contribution in [3.63, 3.8) is 0 Å². The molecule has 6 aliphatic rings. The van der Waals surface area contributed by atoms with Gasteiger partial charge in [0.25, 0.3) is 0 Å². The van der Waals surface area contributed by atoms with E-state index >= 15 is 0 Å². The molecule has 3 atom stereocenters. The predicted molar refractivity (Wildman–Crippen MR) is 105 cm³/mol. The lowest BCUT2D eigenvalue weighted by Gasteiger charge is -2.55. The summed E-state index contributed by atoms with van der Waals surface area (Å²) in [5, 5.41) is 0. The summed E-state index contributed by atoms with van der Waals surface area (Å²) >= 11 is 0. The predicted octanol–water partition coefficient (Wildman–Crippen LogP) is 3.44. The molecule has 2 bridgehead atoms. The number of rotatable bonds is 3. The summed E-state index contributed by atoms with van der Waals surface area (Å²) in [6.07, 6.45) is 9.74. The Morgan fingerprint density at radius 2 is 2.04 bits per heavy atom. The van der Waals surface area contributed by atoms with Gasteiger partial charge in [0.1, 0.15) is 5.75 Å². The van der Waals surface area contributed by atoms with Crippen LogP contribution in [0.15, 0.2) is 29.8 Å². The quantitative estimate of drug-likeness (QED) is 0.753. The largest absolute Gasteiger partial charge is 0.497 e. The van der Waals surface area contributed by atoms with Gasteiger partial charge in [-0.25, -0.2) is 0 Å². The molecule has 0 N–H and O–H groups in total. The number of likely N-dealkylation sites (tertiary alicyclic amines) is 1. The van der Waals surface area contributed by atoms with Gasteiger partial charge in [0, 0.05) is 42.8 Å². The number of methoxy groups -OCH3 is 1. The molecular weight excluding hydrogens is 350 g/mol. The van der Waals surface area contributed by atoms with Gasteiger partial charge >= 0.3 is 0 Å². The van der Waals surface area contributed by atoms with Gasteiger partial charge in [-0.3, -0.25) is 4.90 Å². The minimum atomic E-state index is -0.409. The second kappa shape index (κ2) is 5.21. The Morgan fingerprint density at radius 3 is 2.82 bits per heavy atom. The fourth-order valence-corrected chi connectivity index (χ4v) is 7.51. The number of hydrogen-bond acceptors (Lipinski definition) is 4. The van der Waals surface area contributed by atoms with E-state index in [9.17, 15) is 0 Å². The molecule has 28 heavy (non-hydrogen) atoms. The van der Waals surface area contributed by atoms with Crippen LogP contribution < -0.4 is 4.74 Å². The molecule has 2 saturated carbocycles. The third-order valence-corrected chi connectivity index (χ3v) is 8.55. The van der Waals surface area contributed by atoms with Crippen molar-refractivity contribution in [2.45, 2.75) is 55.8 Å². The normalized spacial score (nSPS) is 39.8. The molecule has 4 nitrogen and oxygen atoms in total. The average Bonchev–Trinajstić information content (AvgIpc) is 3.37. The first-order valence-electron chi connectivity index (χ1n) is 11.1. The van der Waals surface area contributed by atoms with Crippen LogP contribution in [-0.2, 0) is 21.3 Å². The molecule has 1 aromatic carbocycles. The summed E-state index contributed by atoms with van der Waals surface area (Å²) in [7, 11) is 1.78. The van der Waals surface area contributed by atoms with Gasteiger partial charge in [-0.2, -0.15) is 0 Å². The molecule has 2 saturated heterocycles. The van der Waals surface area contributed by atoms with E-state index in [0.717, 1.165) is 37.7 Å². The lowest BCUT2D eigenvalue weighted by molar-refractivity contribution is -0.172. The Labute approximate surface area is 166 Å². The van der Waals surface area contributed by atoms with Gasteiger partial charge in [-0.1, -0.05) is 12.1 Å². The van der Waals surface area contributed by atoms with Crippen molar-refractivity contribution in [2.24, 2.45) is 11.3 Å². The Balaban J connectivity index is 1.38. The van der Waals surface area contributed by atoms with Crippen LogP contribution >= 0.6 is 0 Å². The molecule has 3 spiro atoms. The van der Waals surface area contributed by atoms with Gasteiger partial charge < -0.3 is 14.2 Å². The van der Waals surface area contributed by atoms with E-state index in [2.05, 4.69) is 29.2 Å². The van der Waals surface area contributed by atoms with Crippen LogP contribution in [-0.4, -0.2) is 50.1 Å². The maximum Gasteiger partial charge on any atom is 0.173 e. The zero-order valence-corrected chi connectivity index (χ0v) is 16.7. The smallest absolute Gasteiger partial charge is 0.173 e. The topological polar surface area (TPSA) is 30.9 Å². The summed E-state index contributed by atoms with van der Waals surface area (Å²) in [5.74, 6) is 1.52. The van der Waals surface area contributed by atoms with Crippen LogP contribution in [0.2, 0.25) is 0 Å². The van der Waals surface area contributed by atoms with Crippen molar-refractivity contribution < 1.29 is 14.2 Å². The van der Waals surface area contributed by atoms with Crippen LogP contribution in [0.3, 0.4) is 0 Å². The van der Waals surface area contributed by atoms with Crippen molar-refractivity contribution in [3.05, 3.63) is 41.0 Å². The van der Waals surface area contributed by atoms with E-state index in [1.807, 2.05) is 0 Å². The van der Waals surface area contributed by atoms with Gasteiger partial charge in [-0.05, 0) is 60.4 Å². The molecule has 1 aromatic rings. The monoisotopic (exact) mass is 379 g/mol. The Kier molecular flexibility index (Phi) is 3.06. The molecule has 7 rings (SSSR count). The Hall–Kier alpha value is -1.36. The van der Waals surface area contributed by atoms with Gasteiger partial charge in [-0.15, -0.1) is 0 Å². The molecule has 4 heteroatoms. The Bertz CT molecular complexity index is 884. The lowest BCUT2D eigenvalue weighted by atomic mass is 9.60. The van der Waals surface area contributed by atoms with Crippen LogP contribution in [0.4, 0.5) is 0 Å². The zero-order chi connectivity index (χ0) is 18.6. The van der Waals surface area contributed by atoms with Crippen LogP contribution in [0.1, 0.15) is 43.2 Å². The maximum absolute atomic E-state index is 6.23. The molecule has 0 unspecified atom stereocenters. The third-order valence-electron chi connectivity index (χ3n) is 8.55. The fraction of sp³-hybridized carbons (Fsp3) is 0.667. The SMILES string of the molecule is COc1ccc2c(c1)[C@@]13CC4(CC=C1[C@@H]1N(CC5CC5)C[C@]1(C2)C3)OCCO4. The number of fused-ring (bicyclic) bond motifs is 2. The maximum atomic E-state index is 6.23. The molecule has 2 aliphatic heterocycles. The number of hydrogen-bond donors (Lipinski definition) is 0. The van der Waals surface area contributed by atoms with Gasteiger partial charge in [0.2, 0.25) is 0 Å². The van der Waals surface area contributed by atoms with E-state index < -0.39 is 5.79 Å². The van der Waals surface area contributed by atoms with Crippen molar-refractivity contribution in [3.8, 4) is 5.75 Å². The van der Waals surface area contributed by atoms with Crippen molar-refractivity contribution in [1.82, 2.24) is 4.90 Å². The standard InChI is InChI=1S/C24H29NO3/c1-26-18-5-4-17-11-22-13-23(20(17)10-18)14-24(27-8-9-28-24)7-6-19(23)21(22)25(15-22)12-16-2-3-16/h4-6,10,16,21H,2-3,7-9,11-15H2,1H3/t21-,22-,23-/m0/s1. The molecule has 0 aromatic heterocycles. The number of ether oxygens (including phenoxy) is 3. The zero-order valence-electron chi connectivity index (χ0n) is 16.7. The van der Waals surface area contributed by atoms with Gasteiger partial charge in [0.05, 0.1) is 20.3 Å². The minimum Gasteiger partial charge on any atom is -0.497 e. The highest BCUT2D eigenvalue weighted by molar-refractivity contribution is 5.58. The van der Waals surface area contributed by atoms with Crippen LogP contribution in [0, 0.1) is 11.3 Å². The van der Waals surface area contributed by atoms with E-state index in [-0.39, 0.29) is 5.41 Å². The highest BCUT2D eigenvalue weighted by Crippen LogP contribution is 2.70. The van der Waals surface area contributed by atoms with Crippen LogP contribution in [0.25, 0.3) is 0 Å². The lowest BCUT2D eigenvalue weighted by Crippen LogP contribution is -2.63. The first-order valence-corrected chi connectivity index (χ1v) is 11.1. The molecule has 4 fully saturated rings. The summed E-state index contributed by atoms with van der Waals surface area (Å²) in [5.41, 5.74) is 5.18. The summed E-state index contributed by atoms with van der Waals surface area (Å²) in [6, 6.07) is 7.43. The second-order valence-electron chi connectivity index (χ2n) is 10.2. The molecular formula is C24H29NO3. The minimum absolute atomic E-state index is 0.0632. The molecule has 0 amide bonds. The van der Waals surface area contributed by atoms with E-state index in [0.29, 0.717) is 11.5 Å².